The van der Waals surface area contributed by atoms with Crippen LogP contribution in [-0.4, -0.2) is 13.0 Å². The molecule has 3 nitrogen and oxygen atoms in total. The van der Waals surface area contributed by atoms with Gasteiger partial charge in [0, 0.05) is 0 Å². The van der Waals surface area contributed by atoms with Crippen molar-refractivity contribution in [1.82, 2.24) is 0 Å². The molecule has 6 heteroatoms. The maximum Gasteiger partial charge on any atom is 1.00 e. The molecule has 0 saturated heterocycles. The van der Waals surface area contributed by atoms with E-state index in [2.05, 4.69) is 0 Å². The van der Waals surface area contributed by atoms with Crippen molar-refractivity contribution in [3.05, 3.63) is 30.3 Å². The van der Waals surface area contributed by atoms with E-state index in [4.69, 9.17) is 4.55 Å². The van der Waals surface area contributed by atoms with Crippen molar-refractivity contribution in [2.24, 2.45) is 0 Å². The Hall–Kier alpha value is 0.420. The van der Waals surface area contributed by atoms with Crippen LogP contribution in [0, 0.1) is 0 Å². The van der Waals surface area contributed by atoms with E-state index >= 15 is 0 Å². The van der Waals surface area contributed by atoms with Gasteiger partial charge < -0.3 is 12.4 Å². The monoisotopic (exact) mass is 216 g/mol. The van der Waals surface area contributed by atoms with Gasteiger partial charge in [-0.05, 0) is 12.1 Å². The zero-order valence-electron chi connectivity index (χ0n) is 6.44. The smallest absolute Gasteiger partial charge is 1.00 e. The van der Waals surface area contributed by atoms with Crippen molar-refractivity contribution >= 4 is 10.1 Å². The van der Waals surface area contributed by atoms with Crippen LogP contribution in [0.15, 0.2) is 35.2 Å². The number of rotatable bonds is 1. The van der Waals surface area contributed by atoms with E-state index in [-0.39, 0.29) is 46.9 Å². The predicted octanol–water partition coefficient (Wildman–Crippen LogP) is -5.06. The molecule has 0 radical (unpaired) electrons. The number of hydrogen-bond acceptors (Lipinski definition) is 2. The molecule has 1 aromatic carbocycles. The van der Waals surface area contributed by atoms with Gasteiger partial charge in [0.1, 0.15) is 0 Å². The summed E-state index contributed by atoms with van der Waals surface area (Å²) in [6.45, 7) is 0. The minimum Gasteiger partial charge on any atom is -1.00 e. The van der Waals surface area contributed by atoms with Gasteiger partial charge >= 0.3 is 29.6 Å². The average molecular weight is 217 g/mol. The Balaban J connectivity index is 0. The first-order valence-corrected chi connectivity index (χ1v) is 4.07. The molecule has 1 N–H and O–H groups in total. The maximum atomic E-state index is 10.4. The molecule has 0 aliphatic heterocycles. The summed E-state index contributed by atoms with van der Waals surface area (Å²) in [4.78, 5) is -0.0741. The molecule has 0 aromatic heterocycles. The van der Waals surface area contributed by atoms with E-state index in [1.54, 1.807) is 18.2 Å². The predicted molar refractivity (Wildman–Crippen MR) is 36.3 cm³/mol. The van der Waals surface area contributed by atoms with Crippen molar-refractivity contribution in [3.63, 3.8) is 0 Å². The van der Waals surface area contributed by atoms with Crippen LogP contribution < -0.4 is 42.0 Å². The molecule has 0 heterocycles. The van der Waals surface area contributed by atoms with Crippen LogP contribution in [0.2, 0.25) is 0 Å². The van der Waals surface area contributed by atoms with Crippen molar-refractivity contribution in [2.45, 2.75) is 4.90 Å². The maximum absolute atomic E-state index is 10.4. The second kappa shape index (κ2) is 5.96. The largest absolute Gasteiger partial charge is 1.00 e. The Morgan fingerprint density at radius 1 is 1.08 bits per heavy atom. The Morgan fingerprint density at radius 3 is 1.75 bits per heavy atom. The zero-order valence-corrected chi connectivity index (χ0v) is 10.0. The fourth-order valence-corrected chi connectivity index (χ4v) is 1.09. The molecular formula is C6H6ClNaO3S. The first kappa shape index (κ1) is 14.9. The Bertz CT molecular complexity index is 311. The summed E-state index contributed by atoms with van der Waals surface area (Å²) >= 11 is 0. The van der Waals surface area contributed by atoms with E-state index in [1.165, 1.54) is 12.1 Å². The van der Waals surface area contributed by atoms with Crippen LogP contribution in [0.5, 0.6) is 0 Å². The van der Waals surface area contributed by atoms with Gasteiger partial charge in [-0.25, -0.2) is 0 Å². The van der Waals surface area contributed by atoms with E-state index in [0.717, 1.165) is 0 Å². The summed E-state index contributed by atoms with van der Waals surface area (Å²) in [5.74, 6) is 0. The minimum atomic E-state index is -4.00. The third kappa shape index (κ3) is 4.45. The van der Waals surface area contributed by atoms with Gasteiger partial charge in [0.15, 0.2) is 0 Å². The first-order valence-electron chi connectivity index (χ1n) is 2.63. The quantitative estimate of drug-likeness (QED) is 0.378. The first-order chi connectivity index (χ1) is 4.61. The average Bonchev–Trinajstić information content (AvgIpc) is 1.88. The van der Waals surface area contributed by atoms with Gasteiger partial charge in [-0.15, -0.1) is 0 Å². The third-order valence-corrected chi connectivity index (χ3v) is 1.91. The van der Waals surface area contributed by atoms with Crippen molar-refractivity contribution in [3.8, 4) is 0 Å². The molecule has 1 rings (SSSR count). The zero-order chi connectivity index (χ0) is 7.61. The van der Waals surface area contributed by atoms with Crippen molar-refractivity contribution in [2.75, 3.05) is 0 Å². The third-order valence-electron chi connectivity index (χ3n) is 1.04. The number of hydrogen-bond donors (Lipinski definition) is 1. The molecule has 0 aliphatic rings. The minimum absolute atomic E-state index is 0. The van der Waals surface area contributed by atoms with Gasteiger partial charge in [-0.3, -0.25) is 4.55 Å². The van der Waals surface area contributed by atoms with E-state index in [1.807, 2.05) is 0 Å². The van der Waals surface area contributed by atoms with Crippen LogP contribution in [0.3, 0.4) is 0 Å². The fraction of sp³-hybridized carbons (Fsp3) is 0. The summed E-state index contributed by atoms with van der Waals surface area (Å²) < 4.78 is 29.2. The van der Waals surface area contributed by atoms with Gasteiger partial charge in [0.25, 0.3) is 10.1 Å². The Labute approximate surface area is 99.6 Å². The van der Waals surface area contributed by atoms with Crippen LogP contribution in [0.4, 0.5) is 0 Å². The summed E-state index contributed by atoms with van der Waals surface area (Å²) in [5, 5.41) is 0. The molecule has 62 valence electrons. The molecule has 0 atom stereocenters. The van der Waals surface area contributed by atoms with Crippen LogP contribution in [-0.2, 0) is 10.1 Å². The molecule has 0 fully saturated rings. The van der Waals surface area contributed by atoms with Crippen molar-refractivity contribution < 1.29 is 54.9 Å². The molecule has 12 heavy (non-hydrogen) atoms. The summed E-state index contributed by atoms with van der Waals surface area (Å²) in [5.41, 5.74) is 0. The van der Waals surface area contributed by atoms with Crippen molar-refractivity contribution in [1.29, 1.82) is 0 Å². The Kier molecular flexibility index (Phi) is 7.41. The topological polar surface area (TPSA) is 54.4 Å². The molecule has 0 spiro atoms. The summed E-state index contributed by atoms with van der Waals surface area (Å²) in [6.07, 6.45) is 0. The summed E-state index contributed by atoms with van der Waals surface area (Å²) in [7, 11) is -4.00. The second-order valence-corrected chi connectivity index (χ2v) is 3.21. The molecule has 0 unspecified atom stereocenters. The second-order valence-electron chi connectivity index (χ2n) is 1.79. The van der Waals surface area contributed by atoms with E-state index < -0.39 is 10.1 Å². The SMILES string of the molecule is O=S(=O)(O)c1ccccc1.[Cl-].[Na+]. The van der Waals surface area contributed by atoms with Gasteiger partial charge in [-0.1, -0.05) is 18.2 Å². The molecule has 0 bridgehead atoms. The molecule has 0 aliphatic carbocycles. The molecular weight excluding hydrogens is 211 g/mol. The van der Waals surface area contributed by atoms with E-state index in [9.17, 15) is 8.42 Å². The van der Waals surface area contributed by atoms with Gasteiger partial charge in [0.2, 0.25) is 0 Å². The summed E-state index contributed by atoms with van der Waals surface area (Å²) in [6, 6.07) is 7.42. The van der Waals surface area contributed by atoms with Crippen LogP contribution in [0.1, 0.15) is 0 Å². The normalized spacial score (nSPS) is 9.42. The van der Waals surface area contributed by atoms with Crippen LogP contribution >= 0.6 is 0 Å². The number of halogens is 1. The standard InChI is InChI=1S/C6H6O3S.ClH.Na/c7-10(8,9)6-4-2-1-3-5-6;;/h1-5H,(H,7,8,9);1H;/q;;+1/p-1. The molecule has 0 saturated carbocycles. The Morgan fingerprint density at radius 2 is 1.50 bits per heavy atom. The molecule has 0 amide bonds. The van der Waals surface area contributed by atoms with Gasteiger partial charge in [0.05, 0.1) is 4.90 Å². The number of benzene rings is 1. The van der Waals surface area contributed by atoms with Gasteiger partial charge in [-0.2, -0.15) is 8.42 Å². The van der Waals surface area contributed by atoms with E-state index in [0.29, 0.717) is 0 Å². The fourth-order valence-electron chi connectivity index (χ4n) is 0.592. The van der Waals surface area contributed by atoms with Crippen LogP contribution in [0.25, 0.3) is 0 Å². The molecule has 1 aromatic rings.